The molecule has 3 heterocycles. The molecule has 3 fully saturated rings. The minimum absolute atomic E-state index is 0.390. The highest BCUT2D eigenvalue weighted by molar-refractivity contribution is 5.87. The summed E-state index contributed by atoms with van der Waals surface area (Å²) in [4.78, 5) is 12.5. The zero-order valence-electron chi connectivity index (χ0n) is 18.6. The Morgan fingerprint density at radius 2 is 1.83 bits per heavy atom. The first-order valence-corrected chi connectivity index (χ1v) is 11.4. The molecular weight excluding hydrogens is 464 g/mol. The third-order valence-corrected chi connectivity index (χ3v) is 7.06. The van der Waals surface area contributed by atoms with Gasteiger partial charge in [0.2, 0.25) is 6.29 Å². The summed E-state index contributed by atoms with van der Waals surface area (Å²) in [5.74, 6) is -1.64. The minimum Gasteiger partial charge on any atom is -0.472 e. The molecule has 3 aliphatic heterocycles. The smallest absolute Gasteiger partial charge is 0.331 e. The number of carbonyl (C=O) groups is 1. The molecule has 2 saturated heterocycles. The van der Waals surface area contributed by atoms with Gasteiger partial charge in [0.05, 0.1) is 25.4 Å². The van der Waals surface area contributed by atoms with E-state index in [0.717, 1.165) is 5.56 Å². The summed E-state index contributed by atoms with van der Waals surface area (Å²) in [6.45, 7) is -0.999. The third kappa shape index (κ3) is 4.28. The molecule has 190 valence electrons. The van der Waals surface area contributed by atoms with E-state index in [0.29, 0.717) is 0 Å². The second-order valence-corrected chi connectivity index (χ2v) is 9.07. The highest BCUT2D eigenvalue weighted by atomic mass is 16.8. The number of carbonyl (C=O) groups excluding carboxylic acids is 1. The lowest BCUT2D eigenvalue weighted by molar-refractivity contribution is -0.344. The van der Waals surface area contributed by atoms with Crippen molar-refractivity contribution in [3.8, 4) is 0 Å². The number of ether oxygens (including phenoxy) is 5. The number of epoxide rings is 1. The number of esters is 1. The molecule has 11 heteroatoms. The second kappa shape index (κ2) is 9.60. The van der Waals surface area contributed by atoms with Crippen LogP contribution in [0.5, 0.6) is 0 Å². The van der Waals surface area contributed by atoms with Gasteiger partial charge in [-0.2, -0.15) is 0 Å². The van der Waals surface area contributed by atoms with Gasteiger partial charge in [0.1, 0.15) is 42.2 Å². The van der Waals surface area contributed by atoms with Crippen LogP contribution < -0.4 is 0 Å². The van der Waals surface area contributed by atoms with Crippen LogP contribution in [-0.2, 0) is 28.5 Å². The number of rotatable bonds is 7. The predicted molar refractivity (Wildman–Crippen MR) is 116 cm³/mol. The van der Waals surface area contributed by atoms with Crippen molar-refractivity contribution in [1.29, 1.82) is 0 Å². The van der Waals surface area contributed by atoms with Crippen LogP contribution in [0.1, 0.15) is 5.56 Å². The van der Waals surface area contributed by atoms with Gasteiger partial charge in [-0.25, -0.2) is 4.79 Å². The van der Waals surface area contributed by atoms with E-state index in [-0.39, 0.29) is 0 Å². The lowest BCUT2D eigenvalue weighted by atomic mass is 9.85. The number of aliphatic hydroxyl groups excluding tert-OH is 5. The van der Waals surface area contributed by atoms with Gasteiger partial charge < -0.3 is 49.2 Å². The largest absolute Gasteiger partial charge is 0.472 e. The van der Waals surface area contributed by atoms with Crippen LogP contribution in [0, 0.1) is 11.8 Å². The zero-order chi connectivity index (χ0) is 24.7. The Balaban J connectivity index is 1.31. The van der Waals surface area contributed by atoms with Crippen molar-refractivity contribution >= 4 is 12.0 Å². The van der Waals surface area contributed by atoms with Gasteiger partial charge in [0, 0.05) is 12.0 Å². The van der Waals surface area contributed by atoms with E-state index >= 15 is 0 Å². The SMILES string of the molecule is O=C(C=Cc1ccccc1)OC1C2O[C@]2(CO)[C@@H]2C(OC3OC(CO)C(O)C(O)C3O)OC=C[C@H]12. The fourth-order valence-electron chi connectivity index (χ4n) is 5.19. The predicted octanol–water partition coefficient (Wildman–Crippen LogP) is -1.33. The Kier molecular flexibility index (Phi) is 6.68. The molecule has 0 bridgehead atoms. The van der Waals surface area contributed by atoms with Gasteiger partial charge >= 0.3 is 5.97 Å². The summed E-state index contributed by atoms with van der Waals surface area (Å²) in [5.41, 5.74) is -0.262. The minimum atomic E-state index is -1.63. The topological polar surface area (TPSA) is 168 Å². The number of fused-ring (bicyclic) bond motifs is 3. The van der Waals surface area contributed by atoms with Gasteiger partial charge in [0.25, 0.3) is 0 Å². The molecule has 5 N–H and O–H groups in total. The fourth-order valence-corrected chi connectivity index (χ4v) is 5.19. The summed E-state index contributed by atoms with van der Waals surface area (Å²) in [6, 6.07) is 9.26. The number of hydrogen-bond acceptors (Lipinski definition) is 11. The Bertz CT molecular complexity index is 965. The molecule has 0 amide bonds. The number of aliphatic hydroxyl groups is 5. The molecule has 5 rings (SSSR count). The molecule has 0 radical (unpaired) electrons. The van der Waals surface area contributed by atoms with Crippen LogP contribution in [-0.4, -0.2) is 99.5 Å². The van der Waals surface area contributed by atoms with Crippen LogP contribution in [0.25, 0.3) is 6.08 Å². The Hall–Kier alpha value is -2.35. The Morgan fingerprint density at radius 3 is 2.54 bits per heavy atom. The van der Waals surface area contributed by atoms with Gasteiger partial charge in [-0.3, -0.25) is 0 Å². The number of hydrogen-bond donors (Lipinski definition) is 5. The maximum atomic E-state index is 12.5. The van der Waals surface area contributed by atoms with Crippen LogP contribution in [0.2, 0.25) is 0 Å². The van der Waals surface area contributed by atoms with Crippen molar-refractivity contribution in [3.05, 3.63) is 54.3 Å². The molecule has 1 aromatic rings. The molecule has 4 aliphatic rings. The molecule has 35 heavy (non-hydrogen) atoms. The van der Waals surface area contributed by atoms with Crippen molar-refractivity contribution in [2.24, 2.45) is 11.8 Å². The van der Waals surface area contributed by atoms with Gasteiger partial charge in [-0.15, -0.1) is 0 Å². The van der Waals surface area contributed by atoms with E-state index in [1.54, 1.807) is 12.2 Å². The van der Waals surface area contributed by atoms with Gasteiger partial charge in [0.15, 0.2) is 6.29 Å². The molecule has 1 aliphatic carbocycles. The van der Waals surface area contributed by atoms with Crippen LogP contribution in [0.4, 0.5) is 0 Å². The van der Waals surface area contributed by atoms with E-state index in [1.165, 1.54) is 12.3 Å². The first kappa shape index (κ1) is 24.3. The molecule has 11 atom stereocenters. The van der Waals surface area contributed by atoms with E-state index < -0.39 is 85.8 Å². The maximum Gasteiger partial charge on any atom is 0.331 e. The summed E-state index contributed by atoms with van der Waals surface area (Å²) in [6.07, 6.45) is -3.78. The molecule has 8 unspecified atom stereocenters. The van der Waals surface area contributed by atoms with E-state index in [2.05, 4.69) is 0 Å². The van der Waals surface area contributed by atoms with E-state index in [9.17, 15) is 30.3 Å². The lowest BCUT2D eigenvalue weighted by Gasteiger charge is -2.43. The van der Waals surface area contributed by atoms with E-state index in [1.807, 2.05) is 30.3 Å². The fraction of sp³-hybridized carbons (Fsp3) is 0.542. The van der Waals surface area contributed by atoms with Crippen molar-refractivity contribution < 1.29 is 54.0 Å². The van der Waals surface area contributed by atoms with Gasteiger partial charge in [-0.05, 0) is 17.7 Å². The lowest BCUT2D eigenvalue weighted by Crippen LogP contribution is -2.60. The van der Waals surface area contributed by atoms with Gasteiger partial charge in [-0.1, -0.05) is 30.3 Å². The highest BCUT2D eigenvalue weighted by Crippen LogP contribution is 2.60. The molecule has 0 spiro atoms. The Morgan fingerprint density at radius 1 is 1.06 bits per heavy atom. The number of benzene rings is 1. The maximum absolute atomic E-state index is 12.5. The average Bonchev–Trinajstić information content (AvgIpc) is 3.56. The molecule has 1 saturated carbocycles. The summed E-state index contributed by atoms with van der Waals surface area (Å²) < 4.78 is 28.3. The summed E-state index contributed by atoms with van der Waals surface area (Å²) in [5, 5.41) is 50.0. The van der Waals surface area contributed by atoms with Crippen molar-refractivity contribution in [2.75, 3.05) is 13.2 Å². The summed E-state index contributed by atoms with van der Waals surface area (Å²) >= 11 is 0. The van der Waals surface area contributed by atoms with Crippen LogP contribution in [0.15, 0.2) is 48.7 Å². The van der Waals surface area contributed by atoms with Crippen molar-refractivity contribution in [1.82, 2.24) is 0 Å². The monoisotopic (exact) mass is 492 g/mol. The molecular formula is C24H28O11. The van der Waals surface area contributed by atoms with Crippen molar-refractivity contribution in [2.45, 2.75) is 54.8 Å². The second-order valence-electron chi connectivity index (χ2n) is 9.07. The Labute approximate surface area is 200 Å². The molecule has 0 aromatic heterocycles. The van der Waals surface area contributed by atoms with Crippen LogP contribution >= 0.6 is 0 Å². The quantitative estimate of drug-likeness (QED) is 0.174. The first-order chi connectivity index (χ1) is 16.9. The first-order valence-electron chi connectivity index (χ1n) is 11.4. The molecule has 1 aromatic carbocycles. The van der Waals surface area contributed by atoms with E-state index in [4.69, 9.17) is 23.7 Å². The van der Waals surface area contributed by atoms with Crippen molar-refractivity contribution in [3.63, 3.8) is 0 Å². The average molecular weight is 492 g/mol. The zero-order valence-corrected chi connectivity index (χ0v) is 18.6. The summed E-state index contributed by atoms with van der Waals surface area (Å²) in [7, 11) is 0. The highest BCUT2D eigenvalue weighted by Gasteiger charge is 2.77. The van der Waals surface area contributed by atoms with Crippen LogP contribution in [0.3, 0.4) is 0 Å². The normalized spacial score (nSPS) is 43.9. The third-order valence-electron chi connectivity index (χ3n) is 7.06. The molecule has 11 nitrogen and oxygen atoms in total. The standard InChI is InChI=1S/C24H28O11/c25-10-14-17(28)18(29)19(30)23(32-14)34-22-16-13(8-9-31-22)20(21-24(16,11-26)35-21)33-15(27)7-6-12-4-2-1-3-5-12/h1-9,13-14,16-23,25-26,28-30H,10-11H2/t13-,14?,16-,17?,18?,19?,20?,21?,22?,23?,24+/m0/s1.